The van der Waals surface area contributed by atoms with Crippen molar-refractivity contribution in [3.05, 3.63) is 23.8 Å². The van der Waals surface area contributed by atoms with Gasteiger partial charge in [-0.15, -0.1) is 0 Å². The van der Waals surface area contributed by atoms with Gasteiger partial charge in [-0.25, -0.2) is 0 Å². The molecule has 1 aromatic rings. The Morgan fingerprint density at radius 1 is 1.47 bits per heavy atom. The Labute approximate surface area is 87.4 Å². The van der Waals surface area contributed by atoms with Crippen molar-refractivity contribution in [3.8, 4) is 11.5 Å². The number of benzene rings is 1. The number of nitrogens with two attached hydrogens (primary N) is 1. The molecule has 0 fully saturated rings. The summed E-state index contributed by atoms with van der Waals surface area (Å²) in [5.74, 6) is -0.370. The number of phenols is 1. The summed E-state index contributed by atoms with van der Waals surface area (Å²) >= 11 is 0. The van der Waals surface area contributed by atoms with Crippen LogP contribution in [0.5, 0.6) is 11.5 Å². The first kappa shape index (κ1) is 11.3. The van der Waals surface area contributed by atoms with E-state index in [0.29, 0.717) is 19.0 Å². The lowest BCUT2D eigenvalue weighted by Crippen LogP contribution is -2.11. The summed E-state index contributed by atoms with van der Waals surface area (Å²) in [6, 6.07) is 4.31. The normalized spacial score (nSPS) is 9.93. The fourth-order valence-corrected chi connectivity index (χ4v) is 1.05. The van der Waals surface area contributed by atoms with Crippen molar-refractivity contribution in [1.82, 2.24) is 0 Å². The van der Waals surface area contributed by atoms with Gasteiger partial charge in [0, 0.05) is 7.11 Å². The van der Waals surface area contributed by atoms with Crippen LogP contribution in [0.3, 0.4) is 0 Å². The van der Waals surface area contributed by atoms with E-state index in [2.05, 4.69) is 0 Å². The van der Waals surface area contributed by atoms with Crippen molar-refractivity contribution in [2.45, 2.75) is 0 Å². The predicted octanol–water partition coefficient (Wildman–Crippen LogP) is 0.516. The van der Waals surface area contributed by atoms with Crippen molar-refractivity contribution >= 4 is 5.91 Å². The van der Waals surface area contributed by atoms with Gasteiger partial charge in [-0.05, 0) is 18.2 Å². The highest BCUT2D eigenvalue weighted by Crippen LogP contribution is 2.22. The molecule has 0 aromatic heterocycles. The van der Waals surface area contributed by atoms with Crippen LogP contribution in [-0.4, -0.2) is 31.3 Å². The van der Waals surface area contributed by atoms with E-state index in [4.69, 9.17) is 15.2 Å². The van der Waals surface area contributed by atoms with E-state index in [0.717, 1.165) is 0 Å². The molecule has 0 aliphatic rings. The Morgan fingerprint density at radius 3 is 2.80 bits per heavy atom. The molecule has 82 valence electrons. The number of aromatic hydroxyl groups is 1. The van der Waals surface area contributed by atoms with E-state index in [-0.39, 0.29) is 11.3 Å². The Balaban J connectivity index is 2.74. The maximum atomic E-state index is 10.9. The zero-order valence-corrected chi connectivity index (χ0v) is 8.40. The molecular formula is C10H13NO4. The van der Waals surface area contributed by atoms with E-state index in [1.54, 1.807) is 13.2 Å². The summed E-state index contributed by atoms with van der Waals surface area (Å²) in [6.45, 7) is 0.826. The number of carbonyl (C=O) groups is 1. The van der Waals surface area contributed by atoms with Crippen molar-refractivity contribution in [1.29, 1.82) is 0 Å². The second kappa shape index (κ2) is 5.21. The molecular weight excluding hydrogens is 198 g/mol. The van der Waals surface area contributed by atoms with Crippen molar-refractivity contribution in [3.63, 3.8) is 0 Å². The zero-order valence-electron chi connectivity index (χ0n) is 8.40. The molecule has 3 N–H and O–H groups in total. The van der Waals surface area contributed by atoms with Crippen LogP contribution in [0.1, 0.15) is 10.4 Å². The van der Waals surface area contributed by atoms with Crippen LogP contribution < -0.4 is 10.5 Å². The Hall–Kier alpha value is -1.75. The molecule has 0 saturated carbocycles. The third-order valence-electron chi connectivity index (χ3n) is 1.79. The third kappa shape index (κ3) is 3.14. The number of hydrogen-bond donors (Lipinski definition) is 2. The minimum atomic E-state index is -0.690. The quantitative estimate of drug-likeness (QED) is 0.695. The Morgan fingerprint density at radius 2 is 2.20 bits per heavy atom. The number of primary amides is 1. The van der Waals surface area contributed by atoms with Crippen molar-refractivity contribution < 1.29 is 19.4 Å². The van der Waals surface area contributed by atoms with Crippen LogP contribution in [0.15, 0.2) is 18.2 Å². The monoisotopic (exact) mass is 211 g/mol. The van der Waals surface area contributed by atoms with Gasteiger partial charge in [0.05, 0.1) is 12.2 Å². The molecule has 1 rings (SSSR count). The molecule has 0 aliphatic heterocycles. The summed E-state index contributed by atoms with van der Waals surface area (Å²) in [7, 11) is 1.56. The Kier molecular flexibility index (Phi) is 3.93. The number of methoxy groups -OCH3 is 1. The highest BCUT2D eigenvalue weighted by molar-refractivity contribution is 5.95. The van der Waals surface area contributed by atoms with Gasteiger partial charge >= 0.3 is 0 Å². The van der Waals surface area contributed by atoms with Crippen LogP contribution in [0.4, 0.5) is 0 Å². The molecule has 0 bridgehead atoms. The van der Waals surface area contributed by atoms with Crippen LogP contribution in [0.25, 0.3) is 0 Å². The summed E-state index contributed by atoms with van der Waals surface area (Å²) < 4.78 is 10.0. The van der Waals surface area contributed by atoms with E-state index in [1.165, 1.54) is 12.1 Å². The minimum absolute atomic E-state index is 0.0462. The first-order valence-electron chi connectivity index (χ1n) is 4.39. The van der Waals surface area contributed by atoms with Gasteiger partial charge in [-0.2, -0.15) is 0 Å². The molecule has 0 saturated heterocycles. The fourth-order valence-electron chi connectivity index (χ4n) is 1.05. The van der Waals surface area contributed by atoms with Gasteiger partial charge < -0.3 is 20.3 Å². The Bertz CT molecular complexity index is 351. The van der Waals surface area contributed by atoms with E-state index in [1.807, 2.05) is 0 Å². The molecule has 1 amide bonds. The largest absolute Gasteiger partial charge is 0.507 e. The van der Waals surface area contributed by atoms with Crippen molar-refractivity contribution in [2.24, 2.45) is 5.73 Å². The average molecular weight is 211 g/mol. The smallest absolute Gasteiger partial charge is 0.252 e. The molecule has 0 atom stereocenters. The zero-order chi connectivity index (χ0) is 11.3. The predicted molar refractivity (Wildman–Crippen MR) is 54.0 cm³/mol. The van der Waals surface area contributed by atoms with Gasteiger partial charge in [0.2, 0.25) is 0 Å². The summed E-state index contributed by atoms with van der Waals surface area (Å²) in [6.07, 6.45) is 0. The van der Waals surface area contributed by atoms with Gasteiger partial charge in [0.1, 0.15) is 18.1 Å². The number of amides is 1. The lowest BCUT2D eigenvalue weighted by Gasteiger charge is -2.07. The minimum Gasteiger partial charge on any atom is -0.507 e. The van der Waals surface area contributed by atoms with E-state index >= 15 is 0 Å². The summed E-state index contributed by atoms with van der Waals surface area (Å²) in [5, 5.41) is 9.30. The first-order valence-corrected chi connectivity index (χ1v) is 4.39. The van der Waals surface area contributed by atoms with Gasteiger partial charge in [-0.3, -0.25) is 4.79 Å². The van der Waals surface area contributed by atoms with Crippen LogP contribution >= 0.6 is 0 Å². The maximum Gasteiger partial charge on any atom is 0.252 e. The van der Waals surface area contributed by atoms with E-state index in [9.17, 15) is 9.90 Å². The molecule has 5 heteroatoms. The molecule has 0 aliphatic carbocycles. The highest BCUT2D eigenvalue weighted by atomic mass is 16.5. The lowest BCUT2D eigenvalue weighted by atomic mass is 10.2. The SMILES string of the molecule is COCCOc1ccc(O)c(C(N)=O)c1. The molecule has 1 aromatic carbocycles. The fraction of sp³-hybridized carbons (Fsp3) is 0.300. The van der Waals surface area contributed by atoms with Crippen LogP contribution in [0.2, 0.25) is 0 Å². The third-order valence-corrected chi connectivity index (χ3v) is 1.79. The molecule has 0 spiro atoms. The highest BCUT2D eigenvalue weighted by Gasteiger charge is 2.08. The first-order chi connectivity index (χ1) is 7.15. The summed E-state index contributed by atoms with van der Waals surface area (Å²) in [5.41, 5.74) is 5.11. The van der Waals surface area contributed by atoms with Gasteiger partial charge in [-0.1, -0.05) is 0 Å². The molecule has 5 nitrogen and oxygen atoms in total. The number of carbonyl (C=O) groups excluding carboxylic acids is 1. The second-order valence-electron chi connectivity index (χ2n) is 2.88. The molecule has 15 heavy (non-hydrogen) atoms. The van der Waals surface area contributed by atoms with Gasteiger partial charge in [0.25, 0.3) is 5.91 Å². The van der Waals surface area contributed by atoms with Gasteiger partial charge in [0.15, 0.2) is 0 Å². The standard InChI is InChI=1S/C10H13NO4/c1-14-4-5-15-7-2-3-9(12)8(6-7)10(11)13/h2-3,6,12H,4-5H2,1H3,(H2,11,13). The maximum absolute atomic E-state index is 10.9. The van der Waals surface area contributed by atoms with Crippen molar-refractivity contribution in [2.75, 3.05) is 20.3 Å². The van der Waals surface area contributed by atoms with E-state index < -0.39 is 5.91 Å². The molecule has 0 radical (unpaired) electrons. The lowest BCUT2D eigenvalue weighted by molar-refractivity contribution is 0.0997. The molecule has 0 unspecified atom stereocenters. The number of hydrogen-bond acceptors (Lipinski definition) is 4. The second-order valence-corrected chi connectivity index (χ2v) is 2.88. The number of rotatable bonds is 5. The topological polar surface area (TPSA) is 81.8 Å². The van der Waals surface area contributed by atoms with Crippen LogP contribution in [0, 0.1) is 0 Å². The average Bonchev–Trinajstić information content (AvgIpc) is 2.20. The summed E-state index contributed by atoms with van der Waals surface area (Å²) in [4.78, 5) is 10.9. The molecule has 0 heterocycles. The number of ether oxygens (including phenoxy) is 2. The van der Waals surface area contributed by atoms with Crippen LogP contribution in [-0.2, 0) is 4.74 Å².